The zero-order valence-electron chi connectivity index (χ0n) is 18.0. The average Bonchev–Trinajstić information content (AvgIpc) is 3.53. The fourth-order valence-electron chi connectivity index (χ4n) is 3.39. The Hall–Kier alpha value is -3.84. The Kier molecular flexibility index (Phi) is 6.27. The number of nitrogens with one attached hydrogen (secondary N) is 2. The zero-order chi connectivity index (χ0) is 22.7. The second-order valence-electron chi connectivity index (χ2n) is 7.70. The van der Waals surface area contributed by atoms with Crippen molar-refractivity contribution in [3.8, 4) is 17.9 Å². The third-order valence-electron chi connectivity index (χ3n) is 5.42. The van der Waals surface area contributed by atoms with Crippen LogP contribution in [0.2, 0.25) is 0 Å². The summed E-state index contributed by atoms with van der Waals surface area (Å²) in [6.45, 7) is 5.27. The Morgan fingerprint density at radius 2 is 1.90 bits per heavy atom. The van der Waals surface area contributed by atoms with Crippen molar-refractivity contribution in [1.29, 1.82) is 5.26 Å². The van der Waals surface area contributed by atoms with Gasteiger partial charge in [-0.3, -0.25) is 14.4 Å². The molecule has 1 saturated carbocycles. The fourth-order valence-corrected chi connectivity index (χ4v) is 3.39. The van der Waals surface area contributed by atoms with Crippen LogP contribution < -0.4 is 10.6 Å². The van der Waals surface area contributed by atoms with Gasteiger partial charge in [0.15, 0.2) is 0 Å². The van der Waals surface area contributed by atoms with Gasteiger partial charge in [0, 0.05) is 24.3 Å². The molecule has 0 spiro atoms. The number of benzene rings is 1. The second kappa shape index (κ2) is 8.89. The van der Waals surface area contributed by atoms with E-state index in [1.54, 1.807) is 43.7 Å². The molecule has 1 heterocycles. The summed E-state index contributed by atoms with van der Waals surface area (Å²) >= 11 is 0. The van der Waals surface area contributed by atoms with Gasteiger partial charge in [0.25, 0.3) is 17.6 Å². The van der Waals surface area contributed by atoms with E-state index in [0.717, 1.165) is 18.4 Å². The van der Waals surface area contributed by atoms with E-state index < -0.39 is 17.6 Å². The molecule has 1 aromatic heterocycles. The van der Waals surface area contributed by atoms with Crippen LogP contribution in [0.4, 0.5) is 5.69 Å². The van der Waals surface area contributed by atoms with Gasteiger partial charge < -0.3 is 15.2 Å². The van der Waals surface area contributed by atoms with Crippen molar-refractivity contribution in [3.63, 3.8) is 0 Å². The molecule has 2 N–H and O–H groups in total. The van der Waals surface area contributed by atoms with E-state index in [2.05, 4.69) is 28.5 Å². The first-order valence-electron chi connectivity index (χ1n) is 10.0. The standard InChI is InChI=1S/C24H24N4O3/c1-14-7-10-19(12-18(14)13-25)27-23(30)21-15(2)20(16(3)28(21)4)22(29)24(31)26-11-5-6-17-8-9-17/h7,10,12,17H,8-9,11H2,1-4H3,(H,26,31)(H,27,30). The molecule has 2 amide bonds. The lowest BCUT2D eigenvalue weighted by atomic mass is 10.0. The molecule has 2 aromatic rings. The Morgan fingerprint density at radius 1 is 1.19 bits per heavy atom. The van der Waals surface area contributed by atoms with Gasteiger partial charge in [0.1, 0.15) is 5.69 Å². The molecule has 0 unspecified atom stereocenters. The first-order chi connectivity index (χ1) is 14.7. The highest BCUT2D eigenvalue weighted by atomic mass is 16.2. The third-order valence-corrected chi connectivity index (χ3v) is 5.42. The minimum Gasteiger partial charge on any atom is -0.343 e. The molecule has 31 heavy (non-hydrogen) atoms. The molecule has 3 rings (SSSR count). The van der Waals surface area contributed by atoms with Crippen molar-refractivity contribution in [2.75, 3.05) is 11.9 Å². The minimum absolute atomic E-state index is 0.119. The van der Waals surface area contributed by atoms with Crippen LogP contribution in [0.15, 0.2) is 18.2 Å². The molecular weight excluding hydrogens is 392 g/mol. The topological polar surface area (TPSA) is 104 Å². The van der Waals surface area contributed by atoms with E-state index in [9.17, 15) is 19.6 Å². The summed E-state index contributed by atoms with van der Waals surface area (Å²) in [4.78, 5) is 38.0. The normalized spacial score (nSPS) is 12.4. The summed E-state index contributed by atoms with van der Waals surface area (Å²) in [5.74, 6) is 4.44. The van der Waals surface area contributed by atoms with E-state index in [1.165, 1.54) is 0 Å². The predicted octanol–water partition coefficient (Wildman–Crippen LogP) is 2.79. The Bertz CT molecular complexity index is 1180. The van der Waals surface area contributed by atoms with Gasteiger partial charge in [0.05, 0.1) is 23.7 Å². The first-order valence-corrected chi connectivity index (χ1v) is 10.0. The molecule has 1 aliphatic carbocycles. The van der Waals surface area contributed by atoms with Crippen molar-refractivity contribution < 1.29 is 14.4 Å². The minimum atomic E-state index is -0.744. The molecular formula is C24H24N4O3. The highest BCUT2D eigenvalue weighted by molar-refractivity contribution is 6.43. The molecule has 0 radical (unpaired) electrons. The van der Waals surface area contributed by atoms with Gasteiger partial charge in [-0.15, -0.1) is 0 Å². The van der Waals surface area contributed by atoms with Gasteiger partial charge in [0.2, 0.25) is 0 Å². The molecule has 0 saturated heterocycles. The van der Waals surface area contributed by atoms with Crippen LogP contribution in [-0.2, 0) is 11.8 Å². The SMILES string of the molecule is Cc1ccc(NC(=O)c2c(C)c(C(=O)C(=O)NCC#CC3CC3)c(C)n2C)cc1C#N. The molecule has 7 nitrogen and oxygen atoms in total. The van der Waals surface area contributed by atoms with Crippen LogP contribution in [0.1, 0.15) is 56.1 Å². The molecule has 1 aliphatic rings. The number of amides is 2. The van der Waals surface area contributed by atoms with Crippen LogP contribution in [0.5, 0.6) is 0 Å². The Balaban J connectivity index is 1.80. The smallest absolute Gasteiger partial charge is 0.293 e. The van der Waals surface area contributed by atoms with Crippen LogP contribution in [0.25, 0.3) is 0 Å². The number of nitriles is 1. The largest absolute Gasteiger partial charge is 0.343 e. The summed E-state index contributed by atoms with van der Waals surface area (Å²) < 4.78 is 1.59. The summed E-state index contributed by atoms with van der Waals surface area (Å²) in [5, 5.41) is 14.5. The average molecular weight is 416 g/mol. The number of hydrogen-bond donors (Lipinski definition) is 2. The van der Waals surface area contributed by atoms with Gasteiger partial charge in [-0.05, 0) is 56.9 Å². The van der Waals surface area contributed by atoms with Gasteiger partial charge in [-0.2, -0.15) is 5.26 Å². The van der Waals surface area contributed by atoms with Crippen LogP contribution in [0, 0.1) is 49.9 Å². The maximum Gasteiger partial charge on any atom is 0.293 e. The van der Waals surface area contributed by atoms with Gasteiger partial charge in [-0.25, -0.2) is 0 Å². The maximum atomic E-state index is 12.9. The molecule has 1 fully saturated rings. The summed E-state index contributed by atoms with van der Waals surface area (Å²) in [6, 6.07) is 7.15. The Morgan fingerprint density at radius 3 is 2.55 bits per heavy atom. The number of hydrogen-bond acceptors (Lipinski definition) is 4. The number of carbonyl (C=O) groups is 3. The number of Topliss-reactive ketones (excluding diaryl/α,β-unsaturated/α-hetero) is 1. The van der Waals surface area contributed by atoms with Crippen molar-refractivity contribution in [1.82, 2.24) is 9.88 Å². The quantitative estimate of drug-likeness (QED) is 0.444. The maximum absolute atomic E-state index is 12.9. The number of ketones is 1. The van der Waals surface area contributed by atoms with Crippen LogP contribution in [0.3, 0.4) is 0 Å². The van der Waals surface area contributed by atoms with Gasteiger partial charge in [-0.1, -0.05) is 17.9 Å². The molecule has 158 valence electrons. The lowest BCUT2D eigenvalue weighted by molar-refractivity contribution is -0.116. The van der Waals surface area contributed by atoms with Crippen molar-refractivity contribution >= 4 is 23.3 Å². The Labute approximate surface area is 181 Å². The third kappa shape index (κ3) is 4.67. The van der Waals surface area contributed by atoms with E-state index in [-0.39, 0.29) is 17.8 Å². The predicted molar refractivity (Wildman–Crippen MR) is 117 cm³/mol. The molecule has 0 aliphatic heterocycles. The fraction of sp³-hybridized carbons (Fsp3) is 0.333. The van der Waals surface area contributed by atoms with Crippen LogP contribution >= 0.6 is 0 Å². The van der Waals surface area contributed by atoms with Gasteiger partial charge >= 0.3 is 0 Å². The molecule has 0 atom stereocenters. The summed E-state index contributed by atoms with van der Waals surface area (Å²) in [5.41, 5.74) is 3.19. The number of anilines is 1. The number of aromatic nitrogens is 1. The molecule has 0 bridgehead atoms. The number of aryl methyl sites for hydroxylation is 1. The van der Waals surface area contributed by atoms with Crippen LogP contribution in [-0.4, -0.2) is 28.7 Å². The highest BCUT2D eigenvalue weighted by Gasteiger charge is 2.28. The summed E-state index contributed by atoms with van der Waals surface area (Å²) in [7, 11) is 1.67. The zero-order valence-corrected chi connectivity index (χ0v) is 18.0. The van der Waals surface area contributed by atoms with E-state index >= 15 is 0 Å². The number of rotatable bonds is 5. The van der Waals surface area contributed by atoms with E-state index in [0.29, 0.717) is 28.4 Å². The molecule has 7 heteroatoms. The highest BCUT2D eigenvalue weighted by Crippen LogP contribution is 2.27. The van der Waals surface area contributed by atoms with E-state index in [1.807, 2.05) is 6.92 Å². The first kappa shape index (κ1) is 21.9. The van der Waals surface area contributed by atoms with Crippen molar-refractivity contribution in [3.05, 3.63) is 51.8 Å². The number of nitrogens with zero attached hydrogens (tertiary/aromatic N) is 2. The van der Waals surface area contributed by atoms with E-state index in [4.69, 9.17) is 0 Å². The van der Waals surface area contributed by atoms with Crippen molar-refractivity contribution in [2.45, 2.75) is 33.6 Å². The monoisotopic (exact) mass is 416 g/mol. The lowest BCUT2D eigenvalue weighted by Gasteiger charge is -2.09. The second-order valence-corrected chi connectivity index (χ2v) is 7.70. The molecule has 1 aromatic carbocycles. The lowest BCUT2D eigenvalue weighted by Crippen LogP contribution is -2.32. The van der Waals surface area contributed by atoms with Crippen molar-refractivity contribution in [2.24, 2.45) is 13.0 Å². The number of carbonyl (C=O) groups excluding carboxylic acids is 3. The summed E-state index contributed by atoms with van der Waals surface area (Å²) in [6.07, 6.45) is 2.18.